The quantitative estimate of drug-likeness (QED) is 0.616. The van der Waals surface area contributed by atoms with Gasteiger partial charge in [0.15, 0.2) is 0 Å². The fraction of sp³-hybridized carbons (Fsp3) is 0.182. The molecule has 148 valence electrons. The number of hydrogen-bond donors (Lipinski definition) is 2. The summed E-state index contributed by atoms with van der Waals surface area (Å²) < 4.78 is 5.20. The molecule has 29 heavy (non-hydrogen) atoms. The summed E-state index contributed by atoms with van der Waals surface area (Å²) in [5, 5.41) is 5.63. The largest absolute Gasteiger partial charge is 0.497 e. The van der Waals surface area contributed by atoms with Gasteiger partial charge >= 0.3 is 0 Å². The van der Waals surface area contributed by atoms with Crippen molar-refractivity contribution in [1.82, 2.24) is 20.6 Å². The van der Waals surface area contributed by atoms with Gasteiger partial charge < -0.3 is 15.4 Å². The first-order chi connectivity index (χ1) is 14.2. The van der Waals surface area contributed by atoms with Gasteiger partial charge in [0.25, 0.3) is 11.8 Å². The highest BCUT2D eigenvalue weighted by atomic mass is 16.5. The Balaban J connectivity index is 1.53. The first-order valence-electron chi connectivity index (χ1n) is 9.20. The molecular formula is C22H22N4O3. The summed E-state index contributed by atoms with van der Waals surface area (Å²) in [4.78, 5) is 32.8. The van der Waals surface area contributed by atoms with E-state index in [9.17, 15) is 9.59 Å². The van der Waals surface area contributed by atoms with Crippen LogP contribution in [0, 0.1) is 0 Å². The molecule has 0 saturated carbocycles. The number of carbonyl (C=O) groups is 2. The van der Waals surface area contributed by atoms with Crippen molar-refractivity contribution in [3.63, 3.8) is 0 Å². The number of pyridine rings is 2. The number of nitrogens with one attached hydrogen (secondary N) is 2. The van der Waals surface area contributed by atoms with Crippen LogP contribution in [-0.4, -0.2) is 35.4 Å². The molecule has 0 bridgehead atoms. The number of carbonyl (C=O) groups excluding carboxylic acids is 2. The number of methoxy groups -OCH3 is 1. The van der Waals surface area contributed by atoms with Crippen molar-refractivity contribution < 1.29 is 14.3 Å². The zero-order valence-corrected chi connectivity index (χ0v) is 16.1. The summed E-state index contributed by atoms with van der Waals surface area (Å²) in [6, 6.07) is 14.4. The van der Waals surface area contributed by atoms with E-state index in [4.69, 9.17) is 4.74 Å². The van der Waals surface area contributed by atoms with Crippen molar-refractivity contribution in [2.45, 2.75) is 13.0 Å². The second-order valence-electron chi connectivity index (χ2n) is 6.33. The van der Waals surface area contributed by atoms with Gasteiger partial charge in [-0.3, -0.25) is 19.6 Å². The Morgan fingerprint density at radius 2 is 1.83 bits per heavy atom. The first kappa shape index (κ1) is 20.0. The highest BCUT2D eigenvalue weighted by Gasteiger charge is 2.11. The summed E-state index contributed by atoms with van der Waals surface area (Å²) >= 11 is 0. The predicted molar refractivity (Wildman–Crippen MR) is 109 cm³/mol. The Morgan fingerprint density at radius 1 is 0.966 bits per heavy atom. The van der Waals surface area contributed by atoms with Gasteiger partial charge in [0.2, 0.25) is 0 Å². The van der Waals surface area contributed by atoms with Crippen molar-refractivity contribution in [3.05, 3.63) is 89.5 Å². The molecule has 7 nitrogen and oxygen atoms in total. The normalized spacial score (nSPS) is 10.2. The smallest absolute Gasteiger partial charge is 0.270 e. The van der Waals surface area contributed by atoms with Crippen LogP contribution in [0.3, 0.4) is 0 Å². The fourth-order valence-corrected chi connectivity index (χ4v) is 2.72. The van der Waals surface area contributed by atoms with Crippen molar-refractivity contribution in [2.75, 3.05) is 13.7 Å². The lowest BCUT2D eigenvalue weighted by Gasteiger charge is -2.08. The maximum atomic E-state index is 12.4. The van der Waals surface area contributed by atoms with E-state index in [0.717, 1.165) is 16.9 Å². The van der Waals surface area contributed by atoms with E-state index in [1.165, 1.54) is 12.3 Å². The van der Waals surface area contributed by atoms with Crippen LogP contribution in [0.5, 0.6) is 5.75 Å². The van der Waals surface area contributed by atoms with Crippen LogP contribution in [0.1, 0.15) is 32.0 Å². The van der Waals surface area contributed by atoms with Crippen molar-refractivity contribution in [2.24, 2.45) is 0 Å². The maximum absolute atomic E-state index is 12.4. The molecule has 0 atom stereocenters. The van der Waals surface area contributed by atoms with Gasteiger partial charge in [-0.05, 0) is 47.9 Å². The SMILES string of the molecule is COc1cccc(CCNC(=O)c2ccnc(C(=O)NCc3cccnc3)c2)c1. The van der Waals surface area contributed by atoms with E-state index < -0.39 is 0 Å². The van der Waals surface area contributed by atoms with Crippen LogP contribution in [0.15, 0.2) is 67.1 Å². The number of benzene rings is 1. The molecule has 2 aromatic heterocycles. The number of amides is 2. The molecule has 7 heteroatoms. The van der Waals surface area contributed by atoms with Crippen molar-refractivity contribution >= 4 is 11.8 Å². The monoisotopic (exact) mass is 390 g/mol. The fourth-order valence-electron chi connectivity index (χ4n) is 2.72. The van der Waals surface area contributed by atoms with Gasteiger partial charge in [0.05, 0.1) is 7.11 Å². The molecule has 0 fully saturated rings. The molecule has 0 aliphatic rings. The molecule has 0 radical (unpaired) electrons. The Kier molecular flexibility index (Phi) is 6.89. The lowest BCUT2D eigenvalue weighted by atomic mass is 10.1. The Hall–Kier alpha value is -3.74. The van der Waals surface area contributed by atoms with Crippen molar-refractivity contribution in [1.29, 1.82) is 0 Å². The molecule has 2 amide bonds. The van der Waals surface area contributed by atoms with Gasteiger partial charge in [-0.1, -0.05) is 18.2 Å². The summed E-state index contributed by atoms with van der Waals surface area (Å²) in [6.45, 7) is 0.808. The minimum atomic E-state index is -0.347. The van der Waals surface area contributed by atoms with E-state index in [0.29, 0.717) is 25.1 Å². The molecule has 2 heterocycles. The second kappa shape index (κ2) is 9.98. The molecule has 0 spiro atoms. The lowest BCUT2D eigenvalue weighted by Crippen LogP contribution is -2.27. The summed E-state index contributed by atoms with van der Waals surface area (Å²) in [5.74, 6) is 0.182. The van der Waals surface area contributed by atoms with Gasteiger partial charge in [0.1, 0.15) is 11.4 Å². The molecule has 0 unspecified atom stereocenters. The molecule has 0 saturated heterocycles. The molecule has 3 aromatic rings. The van der Waals surface area contributed by atoms with Gasteiger partial charge in [0, 0.05) is 37.2 Å². The number of nitrogens with zero attached hydrogens (tertiary/aromatic N) is 2. The van der Waals surface area contributed by atoms with Crippen molar-refractivity contribution in [3.8, 4) is 5.75 Å². The lowest BCUT2D eigenvalue weighted by molar-refractivity contribution is 0.0946. The Morgan fingerprint density at radius 3 is 2.62 bits per heavy atom. The predicted octanol–water partition coefficient (Wildman–Crippen LogP) is 2.39. The third-order valence-electron chi connectivity index (χ3n) is 4.26. The average molecular weight is 390 g/mol. The third-order valence-corrected chi connectivity index (χ3v) is 4.26. The Bertz CT molecular complexity index is 977. The van der Waals surface area contributed by atoms with E-state index >= 15 is 0 Å². The van der Waals surface area contributed by atoms with E-state index in [1.807, 2.05) is 30.3 Å². The summed E-state index contributed by atoms with van der Waals surface area (Å²) in [5.41, 5.74) is 2.52. The minimum absolute atomic E-state index is 0.189. The molecule has 1 aromatic carbocycles. The van der Waals surface area contributed by atoms with E-state index in [-0.39, 0.29) is 17.5 Å². The maximum Gasteiger partial charge on any atom is 0.270 e. The minimum Gasteiger partial charge on any atom is -0.497 e. The van der Waals surface area contributed by atoms with E-state index in [2.05, 4.69) is 20.6 Å². The zero-order chi connectivity index (χ0) is 20.5. The topological polar surface area (TPSA) is 93.2 Å². The average Bonchev–Trinajstić information content (AvgIpc) is 2.78. The van der Waals surface area contributed by atoms with Gasteiger partial charge in [-0.15, -0.1) is 0 Å². The first-order valence-corrected chi connectivity index (χ1v) is 9.20. The second-order valence-corrected chi connectivity index (χ2v) is 6.33. The Labute approximate surface area is 169 Å². The third kappa shape index (κ3) is 5.87. The summed E-state index contributed by atoms with van der Waals surface area (Å²) in [7, 11) is 1.62. The highest BCUT2D eigenvalue weighted by Crippen LogP contribution is 2.12. The zero-order valence-electron chi connectivity index (χ0n) is 16.1. The molecule has 0 aliphatic carbocycles. The highest BCUT2D eigenvalue weighted by molar-refractivity contribution is 5.98. The number of ether oxygens (including phenoxy) is 1. The molecular weight excluding hydrogens is 368 g/mol. The van der Waals surface area contributed by atoms with Gasteiger partial charge in [-0.2, -0.15) is 0 Å². The van der Waals surface area contributed by atoms with Crippen LogP contribution in [-0.2, 0) is 13.0 Å². The number of rotatable bonds is 8. The molecule has 2 N–H and O–H groups in total. The summed E-state index contributed by atoms with van der Waals surface area (Å²) in [6.07, 6.45) is 5.48. The van der Waals surface area contributed by atoms with Crippen LogP contribution in [0.25, 0.3) is 0 Å². The van der Waals surface area contributed by atoms with E-state index in [1.54, 1.807) is 31.6 Å². The molecule has 0 aliphatic heterocycles. The molecule has 3 rings (SSSR count). The van der Waals surface area contributed by atoms with Crippen LogP contribution in [0.2, 0.25) is 0 Å². The number of hydrogen-bond acceptors (Lipinski definition) is 5. The van der Waals surface area contributed by atoms with Crippen LogP contribution >= 0.6 is 0 Å². The number of aromatic nitrogens is 2. The standard InChI is InChI=1S/C22H22N4O3/c1-29-19-6-2-4-16(12-19)7-10-25-21(27)18-8-11-24-20(13-18)22(28)26-15-17-5-3-9-23-14-17/h2-6,8-9,11-14H,7,10,15H2,1H3,(H,25,27)(H,26,28). The van der Waals surface area contributed by atoms with Crippen LogP contribution in [0.4, 0.5) is 0 Å². The van der Waals surface area contributed by atoms with Crippen LogP contribution < -0.4 is 15.4 Å². The van der Waals surface area contributed by atoms with Gasteiger partial charge in [-0.25, -0.2) is 0 Å².